The Morgan fingerprint density at radius 3 is 2.41 bits per heavy atom. The average Bonchev–Trinajstić information content (AvgIpc) is 3.35. The molecule has 0 aliphatic carbocycles. The number of halogens is 1. The van der Waals surface area contributed by atoms with Crippen LogP contribution < -0.4 is 10.2 Å². The van der Waals surface area contributed by atoms with E-state index in [9.17, 15) is 9.59 Å². The van der Waals surface area contributed by atoms with E-state index in [-0.39, 0.29) is 11.9 Å². The molecule has 0 atom stereocenters. The molecule has 0 saturated carbocycles. The molecule has 2 aromatic rings. The van der Waals surface area contributed by atoms with Gasteiger partial charge < -0.3 is 15.1 Å². The number of nitrogens with one attached hydrogen (secondary N) is 1. The molecule has 3 amide bonds. The van der Waals surface area contributed by atoms with Crippen molar-refractivity contribution in [2.24, 2.45) is 0 Å². The molecule has 1 N–H and O–H groups in total. The van der Waals surface area contributed by atoms with Gasteiger partial charge in [0.05, 0.1) is 3.79 Å². The molecule has 2 saturated heterocycles. The van der Waals surface area contributed by atoms with Crippen molar-refractivity contribution in [3.05, 3.63) is 50.6 Å². The lowest BCUT2D eigenvalue weighted by Crippen LogP contribution is -2.51. The lowest BCUT2D eigenvalue weighted by atomic mass is 10.2. The summed E-state index contributed by atoms with van der Waals surface area (Å²) in [6.07, 6.45) is 1.56. The minimum absolute atomic E-state index is 0.0117. The summed E-state index contributed by atoms with van der Waals surface area (Å²) < 4.78 is 1.16. The normalized spacial score (nSPS) is 17.8. The summed E-state index contributed by atoms with van der Waals surface area (Å²) in [5.74, 6) is 0.192. The number of carbonyl (C=O) groups excluding carboxylic acids is 2. The summed E-state index contributed by atoms with van der Waals surface area (Å²) in [5, 5.41) is 3.02. The van der Waals surface area contributed by atoms with Gasteiger partial charge in [-0.25, -0.2) is 4.79 Å². The number of carbonyl (C=O) groups is 2. The van der Waals surface area contributed by atoms with Crippen molar-refractivity contribution in [3.63, 3.8) is 0 Å². The fourth-order valence-electron chi connectivity index (χ4n) is 3.77. The number of nitrogens with zero attached hydrogens (tertiary/aromatic N) is 3. The number of rotatable bonds is 5. The minimum Gasteiger partial charge on any atom is -0.334 e. The molecule has 1 aromatic carbocycles. The number of thiophene rings is 1. The summed E-state index contributed by atoms with van der Waals surface area (Å²) in [6.45, 7) is 5.50. The van der Waals surface area contributed by atoms with E-state index >= 15 is 0 Å². The van der Waals surface area contributed by atoms with Gasteiger partial charge in [-0.2, -0.15) is 0 Å². The van der Waals surface area contributed by atoms with Crippen molar-refractivity contribution in [1.82, 2.24) is 15.1 Å². The molecule has 154 valence electrons. The first-order chi connectivity index (χ1) is 14.1. The van der Waals surface area contributed by atoms with Crippen LogP contribution in [-0.2, 0) is 17.9 Å². The maximum atomic E-state index is 12.5. The first-order valence-corrected chi connectivity index (χ1v) is 11.6. The standard InChI is InChI=1S/C21H25BrN4O2S/c22-19-8-7-18(29-19)15-24-10-12-25(13-11-24)21(28)23-14-16-3-5-17(6-4-16)26-9-1-2-20(26)27/h3-8H,1-2,9-15H2,(H,23,28). The van der Waals surface area contributed by atoms with Crippen LogP contribution in [0.1, 0.15) is 23.3 Å². The zero-order chi connectivity index (χ0) is 20.2. The molecule has 0 unspecified atom stereocenters. The highest BCUT2D eigenvalue weighted by molar-refractivity contribution is 9.11. The molecule has 8 heteroatoms. The van der Waals surface area contributed by atoms with E-state index in [4.69, 9.17) is 0 Å². The SMILES string of the molecule is O=C(NCc1ccc(N2CCCC2=O)cc1)N1CCN(Cc2ccc(Br)s2)CC1. The van der Waals surface area contributed by atoms with Gasteiger partial charge >= 0.3 is 6.03 Å². The van der Waals surface area contributed by atoms with Gasteiger partial charge in [-0.3, -0.25) is 9.69 Å². The number of anilines is 1. The Kier molecular flexibility index (Phi) is 6.52. The number of piperazine rings is 1. The third kappa shape index (κ3) is 5.18. The summed E-state index contributed by atoms with van der Waals surface area (Å²) in [6, 6.07) is 12.1. The van der Waals surface area contributed by atoms with Crippen molar-refractivity contribution >= 4 is 44.9 Å². The first kappa shape index (κ1) is 20.4. The summed E-state index contributed by atoms with van der Waals surface area (Å²) in [5.41, 5.74) is 1.98. The van der Waals surface area contributed by atoms with Gasteiger partial charge in [-0.15, -0.1) is 11.3 Å². The van der Waals surface area contributed by atoms with Crippen LogP contribution >= 0.6 is 27.3 Å². The first-order valence-electron chi connectivity index (χ1n) is 9.97. The predicted octanol–water partition coefficient (Wildman–Crippen LogP) is 3.66. The molecule has 0 bridgehead atoms. The Hall–Kier alpha value is -1.90. The second-order valence-corrected chi connectivity index (χ2v) is 9.99. The van der Waals surface area contributed by atoms with E-state index in [0.717, 1.165) is 60.7 Å². The van der Waals surface area contributed by atoms with Gasteiger partial charge in [0.2, 0.25) is 5.91 Å². The summed E-state index contributed by atoms with van der Waals surface area (Å²) in [4.78, 5) is 31.8. The van der Waals surface area contributed by atoms with Crippen LogP contribution in [0.5, 0.6) is 0 Å². The Bertz CT molecular complexity index is 862. The molecule has 6 nitrogen and oxygen atoms in total. The number of hydrogen-bond acceptors (Lipinski definition) is 4. The Balaban J connectivity index is 1.21. The molecule has 2 fully saturated rings. The number of amides is 3. The third-order valence-corrected chi connectivity index (χ3v) is 7.04. The van der Waals surface area contributed by atoms with Crippen molar-refractivity contribution in [1.29, 1.82) is 0 Å². The highest BCUT2D eigenvalue weighted by atomic mass is 79.9. The molecular formula is C21H25BrN4O2S. The van der Waals surface area contributed by atoms with Crippen LogP contribution in [0.3, 0.4) is 0 Å². The molecule has 3 heterocycles. The van der Waals surface area contributed by atoms with Gasteiger partial charge in [-0.1, -0.05) is 12.1 Å². The molecule has 0 radical (unpaired) electrons. The topological polar surface area (TPSA) is 55.9 Å². The zero-order valence-corrected chi connectivity index (χ0v) is 18.7. The number of hydrogen-bond donors (Lipinski definition) is 1. The molecule has 2 aliphatic rings. The highest BCUT2D eigenvalue weighted by Gasteiger charge is 2.22. The van der Waals surface area contributed by atoms with E-state index in [1.165, 1.54) is 4.88 Å². The molecule has 4 rings (SSSR count). The largest absolute Gasteiger partial charge is 0.334 e. The van der Waals surface area contributed by atoms with Crippen LogP contribution in [0.15, 0.2) is 40.2 Å². The summed E-state index contributed by atoms with van der Waals surface area (Å²) in [7, 11) is 0. The predicted molar refractivity (Wildman–Crippen MR) is 119 cm³/mol. The van der Waals surface area contributed by atoms with Crippen LogP contribution in [-0.4, -0.2) is 54.5 Å². The van der Waals surface area contributed by atoms with E-state index in [2.05, 4.69) is 38.3 Å². The molecular weight excluding hydrogens is 452 g/mol. The van der Waals surface area contributed by atoms with E-state index in [1.807, 2.05) is 34.1 Å². The summed E-state index contributed by atoms with van der Waals surface area (Å²) >= 11 is 5.27. The Labute approximate surface area is 183 Å². The van der Waals surface area contributed by atoms with Gasteiger partial charge in [0.15, 0.2) is 0 Å². The maximum absolute atomic E-state index is 12.5. The van der Waals surface area contributed by atoms with Gasteiger partial charge in [-0.05, 0) is 52.2 Å². The number of benzene rings is 1. The highest BCUT2D eigenvalue weighted by Crippen LogP contribution is 2.24. The second kappa shape index (κ2) is 9.28. The van der Waals surface area contributed by atoms with Crippen LogP contribution in [0, 0.1) is 0 Å². The smallest absolute Gasteiger partial charge is 0.317 e. The average molecular weight is 477 g/mol. The zero-order valence-electron chi connectivity index (χ0n) is 16.3. The van der Waals surface area contributed by atoms with Gasteiger partial charge in [0, 0.05) is 62.8 Å². The third-order valence-electron chi connectivity index (χ3n) is 5.43. The number of urea groups is 1. The quantitative estimate of drug-likeness (QED) is 0.715. The van der Waals surface area contributed by atoms with Crippen LogP contribution in [0.4, 0.5) is 10.5 Å². The Morgan fingerprint density at radius 2 is 1.79 bits per heavy atom. The van der Waals surface area contributed by atoms with E-state index in [1.54, 1.807) is 11.3 Å². The van der Waals surface area contributed by atoms with Crippen molar-refractivity contribution in [2.45, 2.75) is 25.9 Å². The fourth-order valence-corrected chi connectivity index (χ4v) is 5.30. The van der Waals surface area contributed by atoms with Crippen molar-refractivity contribution < 1.29 is 9.59 Å². The molecule has 1 aromatic heterocycles. The Morgan fingerprint density at radius 1 is 1.03 bits per heavy atom. The molecule has 2 aliphatic heterocycles. The van der Waals surface area contributed by atoms with E-state index in [0.29, 0.717) is 13.0 Å². The lowest BCUT2D eigenvalue weighted by Gasteiger charge is -2.34. The monoisotopic (exact) mass is 476 g/mol. The van der Waals surface area contributed by atoms with Crippen molar-refractivity contribution in [3.8, 4) is 0 Å². The lowest BCUT2D eigenvalue weighted by molar-refractivity contribution is -0.117. The molecule has 29 heavy (non-hydrogen) atoms. The van der Waals surface area contributed by atoms with Crippen LogP contribution in [0.25, 0.3) is 0 Å². The fraction of sp³-hybridized carbons (Fsp3) is 0.429. The van der Waals surface area contributed by atoms with Crippen molar-refractivity contribution in [2.75, 3.05) is 37.6 Å². The molecule has 0 spiro atoms. The van der Waals surface area contributed by atoms with Gasteiger partial charge in [0.1, 0.15) is 0 Å². The van der Waals surface area contributed by atoms with Gasteiger partial charge in [0.25, 0.3) is 0 Å². The second-order valence-electron chi connectivity index (χ2n) is 7.44. The van der Waals surface area contributed by atoms with E-state index < -0.39 is 0 Å². The maximum Gasteiger partial charge on any atom is 0.317 e. The van der Waals surface area contributed by atoms with Crippen LogP contribution in [0.2, 0.25) is 0 Å². The minimum atomic E-state index is -0.0117.